The average molecular weight is 255 g/mol. The second-order valence-electron chi connectivity index (χ2n) is 3.72. The fourth-order valence-electron chi connectivity index (χ4n) is 1.54. The number of ether oxygens (including phenoxy) is 1. The van der Waals surface area contributed by atoms with Gasteiger partial charge in [0.1, 0.15) is 17.5 Å². The fourth-order valence-corrected chi connectivity index (χ4v) is 1.54. The van der Waals surface area contributed by atoms with Gasteiger partial charge in [0.2, 0.25) is 5.88 Å². The highest BCUT2D eigenvalue weighted by Crippen LogP contribution is 2.25. The summed E-state index contributed by atoms with van der Waals surface area (Å²) in [7, 11) is 0. The van der Waals surface area contributed by atoms with E-state index >= 15 is 0 Å². The fraction of sp³-hybridized carbons (Fsp3) is 0.0769. The Kier molecular flexibility index (Phi) is 3.39. The second-order valence-corrected chi connectivity index (χ2v) is 3.72. The van der Waals surface area contributed by atoms with E-state index in [4.69, 9.17) is 10.00 Å². The minimum Gasteiger partial charge on any atom is -0.438 e. The van der Waals surface area contributed by atoms with Crippen LogP contribution in [-0.4, -0.2) is 9.91 Å². The van der Waals surface area contributed by atoms with Crippen molar-refractivity contribution in [1.82, 2.24) is 4.98 Å². The Bertz CT molecular complexity index is 677. The molecular formula is C13H9N3O3. The third kappa shape index (κ3) is 2.66. The topological polar surface area (TPSA) is 89.0 Å². The Labute approximate surface area is 109 Å². The van der Waals surface area contributed by atoms with Crippen LogP contribution in [0.2, 0.25) is 0 Å². The minimum atomic E-state index is -0.505. The summed E-state index contributed by atoms with van der Waals surface area (Å²) in [6, 6.07) is 11.4. The molecule has 1 heterocycles. The quantitative estimate of drug-likeness (QED) is 0.621. The number of aromatic nitrogens is 1. The van der Waals surface area contributed by atoms with Crippen molar-refractivity contribution < 1.29 is 9.66 Å². The number of aryl methyl sites for hydroxylation is 1. The summed E-state index contributed by atoms with van der Waals surface area (Å²) in [5.41, 5.74) is 0.568. The van der Waals surface area contributed by atoms with Crippen LogP contribution < -0.4 is 4.74 Å². The summed E-state index contributed by atoms with van der Waals surface area (Å²) in [6.45, 7) is 1.53. The standard InChI is InChI=1S/C13H9N3O3/c1-9-11(16(17)18)6-7-13(15-9)19-12-5-3-2-4-10(12)8-14/h2-7H,1H3. The van der Waals surface area contributed by atoms with Gasteiger partial charge in [-0.3, -0.25) is 10.1 Å². The summed E-state index contributed by atoms with van der Waals surface area (Å²) < 4.78 is 5.46. The van der Waals surface area contributed by atoms with Gasteiger partial charge < -0.3 is 4.74 Å². The van der Waals surface area contributed by atoms with Crippen LogP contribution in [0.4, 0.5) is 5.69 Å². The second kappa shape index (κ2) is 5.14. The number of para-hydroxylation sites is 1. The molecule has 0 aliphatic carbocycles. The Balaban J connectivity index is 2.32. The van der Waals surface area contributed by atoms with E-state index in [0.29, 0.717) is 11.3 Å². The van der Waals surface area contributed by atoms with Crippen LogP contribution in [-0.2, 0) is 0 Å². The van der Waals surface area contributed by atoms with E-state index in [1.807, 2.05) is 6.07 Å². The van der Waals surface area contributed by atoms with Gasteiger partial charge in [-0.25, -0.2) is 4.98 Å². The Hall–Kier alpha value is -2.94. The summed E-state index contributed by atoms with van der Waals surface area (Å²) in [5, 5.41) is 19.6. The Morgan fingerprint density at radius 2 is 2.05 bits per heavy atom. The lowest BCUT2D eigenvalue weighted by atomic mass is 10.2. The van der Waals surface area contributed by atoms with Crippen molar-refractivity contribution in [2.45, 2.75) is 6.92 Å². The molecule has 0 N–H and O–H groups in total. The van der Waals surface area contributed by atoms with Crippen molar-refractivity contribution in [3.05, 3.63) is 57.8 Å². The molecule has 0 radical (unpaired) electrons. The van der Waals surface area contributed by atoms with E-state index in [1.54, 1.807) is 24.3 Å². The van der Waals surface area contributed by atoms with E-state index in [0.717, 1.165) is 0 Å². The van der Waals surface area contributed by atoms with Gasteiger partial charge in [0.15, 0.2) is 0 Å². The van der Waals surface area contributed by atoms with Gasteiger partial charge in [-0.05, 0) is 19.1 Å². The first-order chi connectivity index (χ1) is 9.11. The SMILES string of the molecule is Cc1nc(Oc2ccccc2C#N)ccc1[N+](=O)[O-]. The molecular weight excluding hydrogens is 246 g/mol. The van der Waals surface area contributed by atoms with Crippen molar-refractivity contribution in [2.75, 3.05) is 0 Å². The van der Waals surface area contributed by atoms with Gasteiger partial charge in [-0.2, -0.15) is 5.26 Å². The molecule has 0 unspecified atom stereocenters. The van der Waals surface area contributed by atoms with Crippen LogP contribution >= 0.6 is 0 Å². The maximum atomic E-state index is 10.7. The van der Waals surface area contributed by atoms with Gasteiger partial charge >= 0.3 is 0 Å². The molecule has 0 amide bonds. The van der Waals surface area contributed by atoms with Crippen LogP contribution in [0.15, 0.2) is 36.4 Å². The van der Waals surface area contributed by atoms with Crippen LogP contribution in [0.5, 0.6) is 11.6 Å². The molecule has 0 bridgehead atoms. The van der Waals surface area contributed by atoms with Crippen LogP contribution in [0.1, 0.15) is 11.3 Å². The molecule has 94 valence electrons. The van der Waals surface area contributed by atoms with Gasteiger partial charge in [0, 0.05) is 12.1 Å². The van der Waals surface area contributed by atoms with Gasteiger partial charge in [0.25, 0.3) is 5.69 Å². The minimum absolute atomic E-state index is 0.0686. The number of nitrogens with zero attached hydrogens (tertiary/aromatic N) is 3. The Morgan fingerprint density at radius 3 is 2.68 bits per heavy atom. The van der Waals surface area contributed by atoms with E-state index in [9.17, 15) is 10.1 Å². The molecule has 6 heteroatoms. The van der Waals surface area contributed by atoms with Crippen molar-refractivity contribution in [3.8, 4) is 17.7 Å². The number of hydrogen-bond acceptors (Lipinski definition) is 5. The van der Waals surface area contributed by atoms with Crippen molar-refractivity contribution in [1.29, 1.82) is 5.26 Å². The molecule has 0 fully saturated rings. The maximum Gasteiger partial charge on any atom is 0.290 e. The zero-order valence-electron chi connectivity index (χ0n) is 10.0. The number of rotatable bonds is 3. The smallest absolute Gasteiger partial charge is 0.290 e. The third-order valence-corrected chi connectivity index (χ3v) is 2.45. The first-order valence-electron chi connectivity index (χ1n) is 5.41. The van der Waals surface area contributed by atoms with Gasteiger partial charge in [-0.15, -0.1) is 0 Å². The van der Waals surface area contributed by atoms with Crippen LogP contribution in [0.3, 0.4) is 0 Å². The molecule has 2 aromatic rings. The van der Waals surface area contributed by atoms with Crippen LogP contribution in [0, 0.1) is 28.4 Å². The lowest BCUT2D eigenvalue weighted by molar-refractivity contribution is -0.385. The zero-order chi connectivity index (χ0) is 13.8. The molecule has 1 aromatic heterocycles. The number of benzene rings is 1. The van der Waals surface area contributed by atoms with E-state index in [-0.39, 0.29) is 17.3 Å². The number of hydrogen-bond donors (Lipinski definition) is 0. The number of nitriles is 1. The summed E-state index contributed by atoms with van der Waals surface area (Å²) in [5.74, 6) is 0.580. The zero-order valence-corrected chi connectivity index (χ0v) is 10.0. The third-order valence-electron chi connectivity index (χ3n) is 2.45. The van der Waals surface area contributed by atoms with E-state index in [1.165, 1.54) is 19.1 Å². The normalized spacial score (nSPS) is 9.68. The lowest BCUT2D eigenvalue weighted by Gasteiger charge is -2.06. The van der Waals surface area contributed by atoms with Crippen molar-refractivity contribution in [2.24, 2.45) is 0 Å². The average Bonchev–Trinajstić information content (AvgIpc) is 2.39. The molecule has 6 nitrogen and oxygen atoms in total. The molecule has 0 saturated heterocycles. The first-order valence-corrected chi connectivity index (χ1v) is 5.41. The highest BCUT2D eigenvalue weighted by Gasteiger charge is 2.13. The van der Waals surface area contributed by atoms with Crippen molar-refractivity contribution in [3.63, 3.8) is 0 Å². The highest BCUT2D eigenvalue weighted by atomic mass is 16.6. The Morgan fingerprint density at radius 1 is 1.32 bits per heavy atom. The van der Waals surface area contributed by atoms with E-state index < -0.39 is 4.92 Å². The summed E-state index contributed by atoms with van der Waals surface area (Å²) in [6.07, 6.45) is 0. The predicted octanol–water partition coefficient (Wildman–Crippen LogP) is 2.96. The lowest BCUT2D eigenvalue weighted by Crippen LogP contribution is -1.96. The maximum absolute atomic E-state index is 10.7. The summed E-state index contributed by atoms with van der Waals surface area (Å²) in [4.78, 5) is 14.2. The van der Waals surface area contributed by atoms with Crippen LogP contribution in [0.25, 0.3) is 0 Å². The molecule has 0 spiro atoms. The molecule has 0 atom stereocenters. The molecule has 0 aliphatic rings. The number of pyridine rings is 1. The molecule has 0 saturated carbocycles. The molecule has 0 aliphatic heterocycles. The largest absolute Gasteiger partial charge is 0.438 e. The number of nitro groups is 1. The molecule has 19 heavy (non-hydrogen) atoms. The summed E-state index contributed by atoms with van der Waals surface area (Å²) >= 11 is 0. The van der Waals surface area contributed by atoms with Gasteiger partial charge in [0.05, 0.1) is 10.5 Å². The molecule has 1 aromatic carbocycles. The highest BCUT2D eigenvalue weighted by molar-refractivity contribution is 5.45. The molecule has 2 rings (SSSR count). The van der Waals surface area contributed by atoms with E-state index in [2.05, 4.69) is 4.98 Å². The monoisotopic (exact) mass is 255 g/mol. The predicted molar refractivity (Wildman–Crippen MR) is 66.9 cm³/mol. The first kappa shape index (κ1) is 12.5. The van der Waals surface area contributed by atoms with Crippen molar-refractivity contribution >= 4 is 5.69 Å². The van der Waals surface area contributed by atoms with Gasteiger partial charge in [-0.1, -0.05) is 12.1 Å².